The number of hydrogen-bond acceptors (Lipinski definition) is 2. The number of carbonyl (C=O) groups excluding carboxylic acids is 2. The minimum Gasteiger partial charge on any atom is -0.315 e. The highest BCUT2D eigenvalue weighted by molar-refractivity contribution is 6.15. The highest BCUT2D eigenvalue weighted by Gasteiger charge is 2.41. The van der Waals surface area contributed by atoms with Crippen LogP contribution in [0.25, 0.3) is 0 Å². The maximum absolute atomic E-state index is 13.2. The number of nitrogens with zero attached hydrogens (tertiary/aromatic N) is 2. The Morgan fingerprint density at radius 1 is 0.920 bits per heavy atom. The smallest absolute Gasteiger partial charge is 0.242 e. The molecule has 0 atom stereocenters. The van der Waals surface area contributed by atoms with Gasteiger partial charge in [0.1, 0.15) is 5.41 Å². The van der Waals surface area contributed by atoms with E-state index in [2.05, 4.69) is 0 Å². The maximum Gasteiger partial charge on any atom is 0.242 e. The number of amides is 2. The van der Waals surface area contributed by atoms with Crippen LogP contribution in [0.5, 0.6) is 0 Å². The third-order valence-electron chi connectivity index (χ3n) is 4.39. The fourth-order valence-electron chi connectivity index (χ4n) is 2.86. The number of hydrogen-bond donors (Lipinski definition) is 0. The molecule has 0 unspecified atom stereocenters. The molecule has 0 aromatic heterocycles. The second-order valence-electron chi connectivity index (χ2n) is 6.71. The second-order valence-corrected chi connectivity index (χ2v) is 6.71. The number of anilines is 2. The van der Waals surface area contributed by atoms with Gasteiger partial charge in [-0.2, -0.15) is 0 Å². The lowest BCUT2D eigenvalue weighted by atomic mass is 9.89. The molecule has 0 heterocycles. The number of aryl methyl sites for hydroxylation is 1. The Morgan fingerprint density at radius 3 is 2.08 bits per heavy atom. The largest absolute Gasteiger partial charge is 0.315 e. The fraction of sp³-hybridized carbons (Fsp3) is 0.333. The first-order chi connectivity index (χ1) is 11.8. The third-order valence-corrected chi connectivity index (χ3v) is 4.39. The molecule has 132 valence electrons. The minimum atomic E-state index is -1.16. The summed E-state index contributed by atoms with van der Waals surface area (Å²) in [5, 5.41) is 0. The Bertz CT molecular complexity index is 754. The zero-order valence-corrected chi connectivity index (χ0v) is 15.6. The monoisotopic (exact) mass is 338 g/mol. The predicted molar refractivity (Wildman–Crippen MR) is 103 cm³/mol. The van der Waals surface area contributed by atoms with Crippen molar-refractivity contribution in [2.75, 3.05) is 23.4 Å². The molecule has 2 amide bonds. The molecule has 2 rings (SSSR count). The van der Waals surface area contributed by atoms with Gasteiger partial charge in [-0.05, 0) is 57.5 Å². The molecule has 0 aliphatic rings. The quantitative estimate of drug-likeness (QED) is 0.772. The Kier molecular flexibility index (Phi) is 5.62. The van der Waals surface area contributed by atoms with Gasteiger partial charge in [-0.1, -0.05) is 30.3 Å². The van der Waals surface area contributed by atoms with E-state index in [0.717, 1.165) is 16.9 Å². The molecule has 25 heavy (non-hydrogen) atoms. The fourth-order valence-corrected chi connectivity index (χ4v) is 2.86. The van der Waals surface area contributed by atoms with E-state index >= 15 is 0 Å². The molecule has 0 aliphatic heterocycles. The Hall–Kier alpha value is -2.62. The van der Waals surface area contributed by atoms with Crippen LogP contribution in [0.1, 0.15) is 26.3 Å². The first-order valence-electron chi connectivity index (χ1n) is 8.51. The second kappa shape index (κ2) is 7.51. The summed E-state index contributed by atoms with van der Waals surface area (Å²) in [5.41, 5.74) is 1.50. The van der Waals surface area contributed by atoms with Crippen LogP contribution in [0.4, 0.5) is 11.4 Å². The van der Waals surface area contributed by atoms with Gasteiger partial charge >= 0.3 is 0 Å². The van der Waals surface area contributed by atoms with Crippen LogP contribution in [0, 0.1) is 12.3 Å². The zero-order chi connectivity index (χ0) is 18.6. The lowest BCUT2D eigenvalue weighted by Crippen LogP contribution is -2.50. The summed E-state index contributed by atoms with van der Waals surface area (Å²) in [6, 6.07) is 17.1. The molecular formula is C21H26N2O2. The highest BCUT2D eigenvalue weighted by Crippen LogP contribution is 2.28. The van der Waals surface area contributed by atoms with Crippen molar-refractivity contribution in [3.8, 4) is 0 Å². The van der Waals surface area contributed by atoms with Crippen molar-refractivity contribution in [1.82, 2.24) is 0 Å². The van der Waals surface area contributed by atoms with Crippen LogP contribution in [0.2, 0.25) is 0 Å². The average molecular weight is 338 g/mol. The van der Waals surface area contributed by atoms with Crippen molar-refractivity contribution in [1.29, 1.82) is 0 Å². The standard InChI is InChI=1S/C21H26N2O2/c1-6-23(18-14-10-11-16(2)15-18)20(25)21(3,4)19(24)22(5)17-12-8-7-9-13-17/h7-15H,6H2,1-5H3. The van der Waals surface area contributed by atoms with E-state index < -0.39 is 5.41 Å². The van der Waals surface area contributed by atoms with Crippen molar-refractivity contribution in [3.63, 3.8) is 0 Å². The molecule has 4 heteroatoms. The van der Waals surface area contributed by atoms with Crippen LogP contribution >= 0.6 is 0 Å². The topological polar surface area (TPSA) is 40.6 Å². The van der Waals surface area contributed by atoms with Gasteiger partial charge in [0.2, 0.25) is 11.8 Å². The molecule has 0 N–H and O–H groups in total. The van der Waals surface area contributed by atoms with Gasteiger partial charge in [0.15, 0.2) is 0 Å². The molecule has 0 spiro atoms. The zero-order valence-electron chi connectivity index (χ0n) is 15.6. The van der Waals surface area contributed by atoms with Gasteiger partial charge in [-0.25, -0.2) is 0 Å². The van der Waals surface area contributed by atoms with E-state index in [-0.39, 0.29) is 11.8 Å². The Morgan fingerprint density at radius 2 is 1.52 bits per heavy atom. The number of benzene rings is 2. The maximum atomic E-state index is 13.2. The summed E-state index contributed by atoms with van der Waals surface area (Å²) >= 11 is 0. The molecule has 0 fully saturated rings. The molecule has 0 saturated heterocycles. The van der Waals surface area contributed by atoms with Crippen molar-refractivity contribution < 1.29 is 9.59 Å². The molecule has 0 saturated carbocycles. The lowest BCUT2D eigenvalue weighted by Gasteiger charge is -2.33. The van der Waals surface area contributed by atoms with Crippen LogP contribution in [0.15, 0.2) is 54.6 Å². The van der Waals surface area contributed by atoms with E-state index in [1.54, 1.807) is 30.7 Å². The first-order valence-corrected chi connectivity index (χ1v) is 8.51. The number of rotatable bonds is 5. The van der Waals surface area contributed by atoms with Crippen LogP contribution in [-0.4, -0.2) is 25.4 Å². The Balaban J connectivity index is 2.30. The van der Waals surface area contributed by atoms with Gasteiger partial charge in [-0.15, -0.1) is 0 Å². The van der Waals surface area contributed by atoms with Gasteiger partial charge in [-0.3, -0.25) is 9.59 Å². The highest BCUT2D eigenvalue weighted by atomic mass is 16.2. The van der Waals surface area contributed by atoms with Crippen molar-refractivity contribution in [2.45, 2.75) is 27.7 Å². The minimum absolute atomic E-state index is 0.201. The molecule has 2 aromatic rings. The first kappa shape index (κ1) is 18.7. The van der Waals surface area contributed by atoms with E-state index in [1.165, 1.54) is 0 Å². The van der Waals surface area contributed by atoms with E-state index in [4.69, 9.17) is 0 Å². The Labute approximate surface area is 150 Å². The number of carbonyl (C=O) groups is 2. The normalized spacial score (nSPS) is 11.1. The van der Waals surface area contributed by atoms with Crippen LogP contribution in [-0.2, 0) is 9.59 Å². The van der Waals surface area contributed by atoms with Gasteiger partial charge < -0.3 is 9.80 Å². The molecular weight excluding hydrogens is 312 g/mol. The van der Waals surface area contributed by atoms with Crippen molar-refractivity contribution in [3.05, 3.63) is 60.2 Å². The predicted octanol–water partition coefficient (Wildman–Crippen LogP) is 4.04. The average Bonchev–Trinajstić information content (AvgIpc) is 2.61. The summed E-state index contributed by atoms with van der Waals surface area (Å²) in [6.45, 7) is 7.79. The van der Waals surface area contributed by atoms with Crippen LogP contribution < -0.4 is 9.80 Å². The van der Waals surface area contributed by atoms with Gasteiger partial charge in [0.05, 0.1) is 0 Å². The van der Waals surface area contributed by atoms with E-state index in [0.29, 0.717) is 6.54 Å². The summed E-state index contributed by atoms with van der Waals surface area (Å²) in [4.78, 5) is 29.4. The molecule has 0 aliphatic carbocycles. The van der Waals surface area contributed by atoms with E-state index in [9.17, 15) is 9.59 Å². The van der Waals surface area contributed by atoms with Crippen molar-refractivity contribution in [2.24, 2.45) is 5.41 Å². The number of para-hydroxylation sites is 1. The molecule has 2 aromatic carbocycles. The van der Waals surface area contributed by atoms with Crippen molar-refractivity contribution >= 4 is 23.2 Å². The van der Waals surface area contributed by atoms with Gasteiger partial charge in [0.25, 0.3) is 0 Å². The summed E-state index contributed by atoms with van der Waals surface area (Å²) < 4.78 is 0. The third kappa shape index (κ3) is 3.90. The molecule has 0 radical (unpaired) electrons. The molecule has 4 nitrogen and oxygen atoms in total. The summed E-state index contributed by atoms with van der Waals surface area (Å²) in [7, 11) is 1.70. The van der Waals surface area contributed by atoms with Gasteiger partial charge in [0, 0.05) is 25.0 Å². The molecule has 0 bridgehead atoms. The lowest BCUT2D eigenvalue weighted by molar-refractivity contribution is -0.137. The summed E-state index contributed by atoms with van der Waals surface area (Å²) in [5.74, 6) is -0.428. The summed E-state index contributed by atoms with van der Waals surface area (Å²) in [6.07, 6.45) is 0. The van der Waals surface area contributed by atoms with E-state index in [1.807, 2.05) is 68.4 Å². The SMILES string of the molecule is CCN(C(=O)C(C)(C)C(=O)N(C)c1ccccc1)c1cccc(C)c1. The van der Waals surface area contributed by atoms with Crippen LogP contribution in [0.3, 0.4) is 0 Å².